The summed E-state index contributed by atoms with van der Waals surface area (Å²) in [7, 11) is -1.61. The molecule has 0 atom stereocenters. The van der Waals surface area contributed by atoms with Gasteiger partial charge in [0.25, 0.3) is 0 Å². The minimum Gasteiger partial charge on any atom is -0.399 e. The molecule has 1 aromatic rings. The van der Waals surface area contributed by atoms with Gasteiger partial charge in [-0.25, -0.2) is 4.98 Å². The molecule has 3 rings (SSSR count). The highest BCUT2D eigenvalue weighted by Crippen LogP contribution is 2.38. The Hall–Kier alpha value is -0.625. The van der Waals surface area contributed by atoms with Crippen LogP contribution in [0.1, 0.15) is 77.7 Å². The third-order valence-electron chi connectivity index (χ3n) is 4.08. The van der Waals surface area contributed by atoms with Gasteiger partial charge in [0.1, 0.15) is 0 Å². The summed E-state index contributed by atoms with van der Waals surface area (Å²) in [6, 6.07) is 0. The van der Waals surface area contributed by atoms with Gasteiger partial charge in [0.2, 0.25) is 0 Å². The molecule has 2 aliphatic rings. The van der Waals surface area contributed by atoms with Crippen LogP contribution in [-0.2, 0) is 9.31 Å². The van der Waals surface area contributed by atoms with Gasteiger partial charge < -0.3 is 19.1 Å². The Morgan fingerprint density at radius 3 is 2.38 bits per heavy atom. The van der Waals surface area contributed by atoms with Gasteiger partial charge in [0.15, 0.2) is 5.13 Å². The van der Waals surface area contributed by atoms with Crippen molar-refractivity contribution < 1.29 is 34.0 Å². The first-order chi connectivity index (χ1) is 18.1. The molecule has 1 aromatic heterocycles. The van der Waals surface area contributed by atoms with E-state index in [1.807, 2.05) is 0 Å². The first kappa shape index (κ1) is 6.22. The van der Waals surface area contributed by atoms with Crippen LogP contribution in [0.5, 0.6) is 0 Å². The number of nitrogens with zero attached hydrogens (tertiary/aromatic N) is 3. The summed E-state index contributed by atoms with van der Waals surface area (Å²) >= 11 is 0.211. The van der Waals surface area contributed by atoms with Crippen LogP contribution in [-0.4, -0.2) is 61.2 Å². The van der Waals surface area contributed by atoms with Crippen LogP contribution in [0.25, 0.3) is 0 Å². The molecule has 24 heavy (non-hydrogen) atoms. The van der Waals surface area contributed by atoms with Gasteiger partial charge in [0, 0.05) is 45.2 Å². The summed E-state index contributed by atoms with van der Waals surface area (Å²) < 4.78 is 158. The van der Waals surface area contributed by atoms with Crippen LogP contribution in [0.4, 0.5) is 5.13 Å². The van der Waals surface area contributed by atoms with Gasteiger partial charge in [-0.3, -0.25) is 0 Å². The number of rotatable bonds is 3. The normalized spacial score (nSPS) is 45.7. The van der Waals surface area contributed by atoms with E-state index in [1.54, 1.807) is 27.7 Å². The van der Waals surface area contributed by atoms with Crippen molar-refractivity contribution in [2.75, 3.05) is 37.9 Å². The summed E-state index contributed by atoms with van der Waals surface area (Å²) in [5.41, 5.74) is -3.24. The fourth-order valence-electron chi connectivity index (χ4n) is 2.06. The molecule has 0 aliphatic carbocycles. The van der Waals surface area contributed by atoms with Crippen molar-refractivity contribution in [1.29, 1.82) is 0 Å². The zero-order valence-electron chi connectivity index (χ0n) is 31.6. The van der Waals surface area contributed by atoms with Crippen molar-refractivity contribution in [2.45, 2.75) is 58.5 Å². The molecule has 2 fully saturated rings. The highest BCUT2D eigenvalue weighted by molar-refractivity contribution is 7.25. The fourth-order valence-corrected chi connectivity index (χ4v) is 3.01. The Morgan fingerprint density at radius 2 is 1.83 bits per heavy atom. The Kier molecular flexibility index (Phi) is 1.63. The molecule has 134 valence electrons. The molecule has 0 unspecified atom stereocenters. The Morgan fingerprint density at radius 1 is 1.21 bits per heavy atom. The maximum absolute atomic E-state index is 8.73. The third kappa shape index (κ3) is 3.23. The molecule has 3 heterocycles. The van der Waals surface area contributed by atoms with Crippen molar-refractivity contribution in [1.82, 2.24) is 9.88 Å². The van der Waals surface area contributed by atoms with Crippen LogP contribution in [0.3, 0.4) is 0 Å². The molecule has 5 nitrogen and oxygen atoms in total. The summed E-state index contributed by atoms with van der Waals surface area (Å²) in [4.78, 5) is 3.21. The molecule has 0 radical (unpaired) electrons. The van der Waals surface area contributed by atoms with Gasteiger partial charge in [-0.05, 0) is 40.6 Å². The van der Waals surface area contributed by atoms with E-state index in [0.717, 1.165) is 0 Å². The fraction of sp³-hybridized carbons (Fsp3) is 0.824. The molecule has 7 heteroatoms. The number of hydrogen-bond donors (Lipinski definition) is 0. The number of thiazole rings is 1. The van der Waals surface area contributed by atoms with Gasteiger partial charge in [-0.15, -0.1) is 11.3 Å². The van der Waals surface area contributed by atoms with E-state index >= 15 is 0 Å². The minimum absolute atomic E-state index is 0.134. The van der Waals surface area contributed by atoms with Crippen LogP contribution in [0.2, 0.25) is 0 Å². The largest absolute Gasteiger partial charge is 0.507 e. The predicted octanol–water partition coefficient (Wildman–Crippen LogP) is 2.32. The molecule has 2 saturated heterocycles. The van der Waals surface area contributed by atoms with Crippen molar-refractivity contribution in [3.05, 3.63) is 5.69 Å². The average molecular weight is 369 g/mol. The zero-order valence-corrected chi connectivity index (χ0v) is 14.5. The van der Waals surface area contributed by atoms with E-state index in [0.29, 0.717) is 0 Å². The first-order valence-electron chi connectivity index (χ1n) is 16.1. The smallest absolute Gasteiger partial charge is 0.399 e. The van der Waals surface area contributed by atoms with E-state index in [2.05, 4.69) is 4.98 Å². The van der Waals surface area contributed by atoms with Gasteiger partial charge in [-0.1, -0.05) is 13.7 Å². The van der Waals surface area contributed by atoms with Crippen LogP contribution < -0.4 is 9.68 Å². The van der Waals surface area contributed by atoms with E-state index in [-0.39, 0.29) is 16.2 Å². The lowest BCUT2D eigenvalue weighted by atomic mass is 9.84. The van der Waals surface area contributed by atoms with Crippen molar-refractivity contribution in [3.8, 4) is 0 Å². The van der Waals surface area contributed by atoms with E-state index in [9.17, 15) is 0 Å². The van der Waals surface area contributed by atoms with Gasteiger partial charge in [-0.2, -0.15) is 0 Å². The maximum Gasteiger partial charge on any atom is 0.507 e. The lowest BCUT2D eigenvalue weighted by molar-refractivity contribution is 0.00578. The van der Waals surface area contributed by atoms with Crippen LogP contribution >= 0.6 is 11.3 Å². The van der Waals surface area contributed by atoms with E-state index in [4.69, 9.17) is 34.0 Å². The summed E-state index contributed by atoms with van der Waals surface area (Å²) in [5.74, 6) is -3.54. The van der Waals surface area contributed by atoms with Crippen molar-refractivity contribution >= 4 is 28.4 Å². The number of likely N-dealkylation sites (N-methyl/N-ethyl adjacent to an activating group) is 1. The Labute approximate surface area is 175 Å². The lowest BCUT2D eigenvalue weighted by Gasteiger charge is -2.32. The molecule has 2 aliphatic heterocycles. The quantitative estimate of drug-likeness (QED) is 0.765. The van der Waals surface area contributed by atoms with Gasteiger partial charge >= 0.3 is 7.12 Å². The number of piperazine rings is 1. The van der Waals surface area contributed by atoms with Crippen LogP contribution in [0.15, 0.2) is 0 Å². The van der Waals surface area contributed by atoms with Crippen LogP contribution in [0, 0.1) is 0 Å². The minimum atomic E-state index is -3.78. The second kappa shape index (κ2) is 6.27. The molecule has 0 aromatic carbocycles. The Bertz CT molecular complexity index is 1170. The average Bonchev–Trinajstić information content (AvgIpc) is 3.20. The molecular formula is C17H30BN3O2S. The molecule has 0 spiro atoms. The predicted molar refractivity (Wildman–Crippen MR) is 102 cm³/mol. The number of hydrogen-bond acceptors (Lipinski definition) is 6. The first-order valence-corrected chi connectivity index (χ1v) is 7.93. The topological polar surface area (TPSA) is 37.8 Å². The van der Waals surface area contributed by atoms with E-state index in [1.165, 1.54) is 0 Å². The van der Waals surface area contributed by atoms with Crippen molar-refractivity contribution in [2.24, 2.45) is 0 Å². The summed E-state index contributed by atoms with van der Waals surface area (Å²) in [6.45, 7) is -19.5. The number of aromatic nitrogens is 1. The summed E-state index contributed by atoms with van der Waals surface area (Å²) in [6.07, 6.45) is 0. The molecule has 0 bridgehead atoms. The molecule has 0 saturated carbocycles. The Balaban J connectivity index is 2.44. The third-order valence-corrected chi connectivity index (χ3v) is 5.15. The summed E-state index contributed by atoms with van der Waals surface area (Å²) in [5, 5.41) is -0.979. The highest BCUT2D eigenvalue weighted by atomic mass is 32.1. The zero-order chi connectivity index (χ0) is 33.3. The van der Waals surface area contributed by atoms with Crippen molar-refractivity contribution in [3.63, 3.8) is 0 Å². The highest BCUT2D eigenvalue weighted by Gasteiger charge is 2.53. The molecule has 0 amide bonds. The van der Waals surface area contributed by atoms with E-state index < -0.39 is 91.4 Å². The standard InChI is InChI=1S/C17H30BN3O2S/c1-12(2)13-14(18-22-16(3,4)17(5,6)23-18)24-15(19-13)21-10-8-20(7)9-11-21/h12H,8-11H2,1-7H3/i1D3,2D3,7D3,8D2,9D2,10D2,11D2,12D. The lowest BCUT2D eigenvalue weighted by Crippen LogP contribution is -2.44. The molecule has 0 N–H and O–H groups in total. The second-order valence-corrected chi connectivity index (χ2v) is 7.30. The number of anilines is 1. The molecular weight excluding hydrogens is 321 g/mol. The SMILES string of the molecule is [2H]C([2H])([2H])N1C([2H])([2H])C([2H])([2H])N(c2nc(C([2H])(C([2H])([2H])[2H])C([2H])([2H])[2H])c(B3OC(C)(C)C(C)(C)O3)s2)C([2H])([2H])C1([2H])[2H]. The maximum atomic E-state index is 8.73. The monoisotopic (exact) mass is 369 g/mol. The second-order valence-electron chi connectivity index (χ2n) is 6.29. The van der Waals surface area contributed by atoms with Gasteiger partial charge in [0.05, 0.1) is 27.2 Å².